The molecule has 1 aliphatic carbocycles. The lowest BCUT2D eigenvalue weighted by Crippen LogP contribution is -2.42. The molecule has 0 spiro atoms. The molecule has 1 aromatic rings. The maximum atomic E-state index is 12.3. The van der Waals surface area contributed by atoms with Gasteiger partial charge < -0.3 is 10.6 Å². The highest BCUT2D eigenvalue weighted by Gasteiger charge is 2.36. The van der Waals surface area contributed by atoms with Crippen LogP contribution in [0.4, 0.5) is 11.4 Å². The van der Waals surface area contributed by atoms with E-state index in [0.717, 1.165) is 19.1 Å². The van der Waals surface area contributed by atoms with Crippen LogP contribution in [0.5, 0.6) is 0 Å². The van der Waals surface area contributed by atoms with Crippen molar-refractivity contribution in [1.29, 1.82) is 0 Å². The Hall–Kier alpha value is -1.93. The molecule has 1 unspecified atom stereocenters. The average molecular weight is 351 g/mol. The molecule has 8 heteroatoms. The van der Waals surface area contributed by atoms with E-state index < -0.39 is 16.1 Å². The highest BCUT2D eigenvalue weighted by atomic mass is 32.2. The quantitative estimate of drug-likeness (QED) is 0.838. The molecule has 3 rings (SSSR count). The summed E-state index contributed by atoms with van der Waals surface area (Å²) >= 11 is 0. The Morgan fingerprint density at radius 2 is 1.54 bits per heavy atom. The molecule has 130 valence electrons. The van der Waals surface area contributed by atoms with E-state index in [-0.39, 0.29) is 17.7 Å². The predicted molar refractivity (Wildman–Crippen MR) is 91.0 cm³/mol. The van der Waals surface area contributed by atoms with Crippen molar-refractivity contribution in [2.45, 2.75) is 31.7 Å². The minimum Gasteiger partial charge on any atom is -0.326 e. The summed E-state index contributed by atoms with van der Waals surface area (Å²) in [4.78, 5) is 24.0. The molecule has 0 radical (unpaired) electrons. The summed E-state index contributed by atoms with van der Waals surface area (Å²) in [6, 6.07) is 6.17. The lowest BCUT2D eigenvalue weighted by atomic mass is 10.2. The number of benzene rings is 1. The van der Waals surface area contributed by atoms with Gasteiger partial charge >= 0.3 is 0 Å². The van der Waals surface area contributed by atoms with Crippen molar-refractivity contribution in [2.24, 2.45) is 5.92 Å². The molecular weight excluding hydrogens is 330 g/mol. The van der Waals surface area contributed by atoms with E-state index in [1.54, 1.807) is 24.3 Å². The minimum atomic E-state index is -3.39. The molecule has 1 heterocycles. The maximum absolute atomic E-state index is 12.3. The number of hydrogen-bond acceptors (Lipinski definition) is 4. The first-order valence-corrected chi connectivity index (χ1v) is 9.88. The van der Waals surface area contributed by atoms with Gasteiger partial charge in [-0.2, -0.15) is 4.31 Å². The van der Waals surface area contributed by atoms with E-state index in [1.807, 2.05) is 0 Å². The standard InChI is InChI=1S/C16H21N3O4S/c1-24(22,23)19-10-2-3-14(19)16(21)18-13-8-6-12(7-9-13)17-15(20)11-4-5-11/h6-9,11,14H,2-5,10H2,1H3,(H,17,20)(H,18,21). The van der Waals surface area contributed by atoms with E-state index in [1.165, 1.54) is 4.31 Å². The topological polar surface area (TPSA) is 95.6 Å². The van der Waals surface area contributed by atoms with Gasteiger partial charge in [-0.15, -0.1) is 0 Å². The fourth-order valence-electron chi connectivity index (χ4n) is 2.85. The summed E-state index contributed by atoms with van der Waals surface area (Å²) in [6.45, 7) is 0.378. The summed E-state index contributed by atoms with van der Waals surface area (Å²) in [6.07, 6.45) is 4.21. The van der Waals surface area contributed by atoms with Crippen LogP contribution in [-0.2, 0) is 19.6 Å². The van der Waals surface area contributed by atoms with Gasteiger partial charge in [0.25, 0.3) is 0 Å². The van der Waals surface area contributed by atoms with Crippen LogP contribution in [0.3, 0.4) is 0 Å². The molecule has 1 saturated carbocycles. The molecule has 1 saturated heterocycles. The number of carbonyl (C=O) groups excluding carboxylic acids is 2. The summed E-state index contributed by atoms with van der Waals surface area (Å²) in [5, 5.41) is 5.57. The molecule has 0 bridgehead atoms. The van der Waals surface area contributed by atoms with Gasteiger partial charge in [-0.25, -0.2) is 8.42 Å². The van der Waals surface area contributed by atoms with E-state index >= 15 is 0 Å². The molecule has 2 aliphatic rings. The molecule has 24 heavy (non-hydrogen) atoms. The van der Waals surface area contributed by atoms with Crippen molar-refractivity contribution in [2.75, 3.05) is 23.4 Å². The van der Waals surface area contributed by atoms with Crippen LogP contribution in [0.25, 0.3) is 0 Å². The van der Waals surface area contributed by atoms with Gasteiger partial charge in [-0.1, -0.05) is 0 Å². The summed E-state index contributed by atoms with van der Waals surface area (Å²) < 4.78 is 24.7. The number of anilines is 2. The molecule has 2 N–H and O–H groups in total. The van der Waals surface area contributed by atoms with Crippen molar-refractivity contribution in [1.82, 2.24) is 4.31 Å². The third kappa shape index (κ3) is 3.93. The molecule has 0 aromatic heterocycles. The monoisotopic (exact) mass is 351 g/mol. The number of hydrogen-bond donors (Lipinski definition) is 2. The number of nitrogens with one attached hydrogen (secondary N) is 2. The molecule has 2 amide bonds. The van der Waals surface area contributed by atoms with Gasteiger partial charge in [0, 0.05) is 23.8 Å². The van der Waals surface area contributed by atoms with Gasteiger partial charge in [0.2, 0.25) is 21.8 Å². The number of sulfonamides is 1. The van der Waals surface area contributed by atoms with Crippen LogP contribution in [0.15, 0.2) is 24.3 Å². The first-order valence-electron chi connectivity index (χ1n) is 8.03. The number of rotatable bonds is 5. The smallest absolute Gasteiger partial charge is 0.242 e. The highest BCUT2D eigenvalue weighted by molar-refractivity contribution is 7.88. The molecule has 1 aliphatic heterocycles. The SMILES string of the molecule is CS(=O)(=O)N1CCCC1C(=O)Nc1ccc(NC(=O)C2CC2)cc1. The second-order valence-electron chi connectivity index (χ2n) is 6.36. The van der Waals surface area contributed by atoms with Crippen LogP contribution in [-0.4, -0.2) is 43.4 Å². The van der Waals surface area contributed by atoms with E-state index in [4.69, 9.17) is 0 Å². The average Bonchev–Trinajstić information content (AvgIpc) is 3.24. The highest BCUT2D eigenvalue weighted by Crippen LogP contribution is 2.30. The third-order valence-corrected chi connectivity index (χ3v) is 5.59. The molecule has 2 fully saturated rings. The van der Waals surface area contributed by atoms with Crippen LogP contribution in [0.2, 0.25) is 0 Å². The van der Waals surface area contributed by atoms with Crippen molar-refractivity contribution >= 4 is 33.2 Å². The van der Waals surface area contributed by atoms with Crippen molar-refractivity contribution < 1.29 is 18.0 Å². The minimum absolute atomic E-state index is 0.0292. The van der Waals surface area contributed by atoms with Crippen molar-refractivity contribution in [3.8, 4) is 0 Å². The Kier molecular flexibility index (Phi) is 4.60. The van der Waals surface area contributed by atoms with E-state index in [2.05, 4.69) is 10.6 Å². The van der Waals surface area contributed by atoms with Gasteiger partial charge in [0.05, 0.1) is 6.26 Å². The Bertz CT molecular complexity index is 741. The second-order valence-corrected chi connectivity index (χ2v) is 8.30. The Morgan fingerprint density at radius 1 is 1.00 bits per heavy atom. The molecule has 1 aromatic carbocycles. The zero-order valence-corrected chi connectivity index (χ0v) is 14.3. The van der Waals surface area contributed by atoms with Gasteiger partial charge in [-0.05, 0) is 49.9 Å². The summed E-state index contributed by atoms with van der Waals surface area (Å²) in [7, 11) is -3.39. The van der Waals surface area contributed by atoms with Crippen LogP contribution >= 0.6 is 0 Å². The van der Waals surface area contributed by atoms with Crippen molar-refractivity contribution in [3.05, 3.63) is 24.3 Å². The molecule has 7 nitrogen and oxygen atoms in total. The fraction of sp³-hybridized carbons (Fsp3) is 0.500. The Labute approximate surface area is 141 Å². The lowest BCUT2D eigenvalue weighted by molar-refractivity contribution is -0.119. The third-order valence-electron chi connectivity index (χ3n) is 4.30. The van der Waals surface area contributed by atoms with Gasteiger partial charge in [-0.3, -0.25) is 9.59 Å². The predicted octanol–water partition coefficient (Wildman–Crippen LogP) is 1.40. The zero-order valence-electron chi connectivity index (χ0n) is 13.5. The lowest BCUT2D eigenvalue weighted by Gasteiger charge is -2.21. The van der Waals surface area contributed by atoms with E-state index in [0.29, 0.717) is 30.8 Å². The second kappa shape index (κ2) is 6.52. The number of nitrogens with zero attached hydrogens (tertiary/aromatic N) is 1. The first kappa shape index (κ1) is 16.9. The zero-order chi connectivity index (χ0) is 17.3. The summed E-state index contributed by atoms with van der Waals surface area (Å²) in [5.74, 6) is -0.164. The largest absolute Gasteiger partial charge is 0.326 e. The fourth-order valence-corrected chi connectivity index (χ4v) is 3.98. The van der Waals surface area contributed by atoms with Crippen LogP contribution in [0.1, 0.15) is 25.7 Å². The van der Waals surface area contributed by atoms with Crippen LogP contribution in [0, 0.1) is 5.92 Å². The van der Waals surface area contributed by atoms with Crippen molar-refractivity contribution in [3.63, 3.8) is 0 Å². The molecular formula is C16H21N3O4S. The Morgan fingerprint density at radius 3 is 2.04 bits per heavy atom. The Balaban J connectivity index is 1.61. The number of amides is 2. The normalized spacial score (nSPS) is 21.5. The van der Waals surface area contributed by atoms with Gasteiger partial charge in [0.15, 0.2) is 0 Å². The summed E-state index contributed by atoms with van der Waals surface area (Å²) in [5.41, 5.74) is 1.26. The van der Waals surface area contributed by atoms with Crippen LogP contribution < -0.4 is 10.6 Å². The van der Waals surface area contributed by atoms with E-state index in [9.17, 15) is 18.0 Å². The maximum Gasteiger partial charge on any atom is 0.242 e. The van der Waals surface area contributed by atoms with Gasteiger partial charge in [0.1, 0.15) is 6.04 Å². The first-order chi connectivity index (χ1) is 11.3. The number of carbonyl (C=O) groups is 2. The molecule has 1 atom stereocenters.